The molecule has 0 fully saturated rings. The van der Waals surface area contributed by atoms with Crippen molar-refractivity contribution in [3.05, 3.63) is 86.2 Å². The van der Waals surface area contributed by atoms with E-state index in [1.54, 1.807) is 12.1 Å². The number of likely N-dealkylation sites (N-methyl/N-ethyl adjacent to an activating group) is 1. The Morgan fingerprint density at radius 3 is 2.10 bits per heavy atom. The standard InChI is InChI=1S/C24H29N3O3/c1-16(13-17-7-5-4-6-8-17)26-22-21(23(29)24(22)30)25-15-19(27(2)3)14-18-9-11-20(28)12-10-18/h4-12,16,19,25-26,28H,13-15H2,1-3H3/t16-,19-/m1/s1. The van der Waals surface area contributed by atoms with Crippen molar-refractivity contribution in [2.45, 2.75) is 31.8 Å². The lowest BCUT2D eigenvalue weighted by molar-refractivity contribution is 0.303. The topological polar surface area (TPSA) is 81.7 Å². The Balaban J connectivity index is 1.63. The molecule has 3 rings (SSSR count). The third-order valence-corrected chi connectivity index (χ3v) is 5.34. The smallest absolute Gasteiger partial charge is 0.253 e. The maximum absolute atomic E-state index is 12.1. The Labute approximate surface area is 176 Å². The van der Waals surface area contributed by atoms with Crippen molar-refractivity contribution in [1.82, 2.24) is 4.90 Å². The Hall–Kier alpha value is -3.12. The fourth-order valence-corrected chi connectivity index (χ4v) is 3.52. The Morgan fingerprint density at radius 2 is 1.47 bits per heavy atom. The molecule has 0 heterocycles. The summed E-state index contributed by atoms with van der Waals surface area (Å²) in [5.74, 6) is 0.238. The normalized spacial score (nSPS) is 13.3. The fourth-order valence-electron chi connectivity index (χ4n) is 3.52. The van der Waals surface area contributed by atoms with Gasteiger partial charge in [0.1, 0.15) is 17.1 Å². The largest absolute Gasteiger partial charge is 0.508 e. The van der Waals surface area contributed by atoms with Crippen molar-refractivity contribution in [1.29, 1.82) is 0 Å². The average Bonchev–Trinajstić information content (AvgIpc) is 2.73. The van der Waals surface area contributed by atoms with Crippen molar-refractivity contribution in [2.24, 2.45) is 0 Å². The van der Waals surface area contributed by atoms with Gasteiger partial charge in [0.15, 0.2) is 0 Å². The van der Waals surface area contributed by atoms with E-state index in [9.17, 15) is 14.7 Å². The van der Waals surface area contributed by atoms with E-state index in [1.165, 1.54) is 5.56 Å². The van der Waals surface area contributed by atoms with Gasteiger partial charge >= 0.3 is 0 Å². The second-order valence-electron chi connectivity index (χ2n) is 8.01. The van der Waals surface area contributed by atoms with Crippen LogP contribution in [0.2, 0.25) is 0 Å². The van der Waals surface area contributed by atoms with E-state index in [1.807, 2.05) is 63.5 Å². The van der Waals surface area contributed by atoms with Gasteiger partial charge in [-0.1, -0.05) is 42.5 Å². The molecule has 0 saturated carbocycles. The lowest BCUT2D eigenvalue weighted by atomic mass is 10.0. The summed E-state index contributed by atoms with van der Waals surface area (Å²) in [6, 6.07) is 17.3. The Morgan fingerprint density at radius 1 is 0.867 bits per heavy atom. The van der Waals surface area contributed by atoms with Gasteiger partial charge in [0.05, 0.1) is 0 Å². The number of hydrogen-bond acceptors (Lipinski definition) is 6. The van der Waals surface area contributed by atoms with Crippen molar-refractivity contribution in [3.8, 4) is 5.75 Å². The zero-order valence-corrected chi connectivity index (χ0v) is 17.7. The molecule has 0 amide bonds. The minimum absolute atomic E-state index is 0.0258. The van der Waals surface area contributed by atoms with Crippen LogP contribution < -0.4 is 21.5 Å². The summed E-state index contributed by atoms with van der Waals surface area (Å²) < 4.78 is 0. The van der Waals surface area contributed by atoms with Crippen LogP contribution in [0.1, 0.15) is 18.1 Å². The first-order valence-electron chi connectivity index (χ1n) is 10.2. The molecule has 158 valence electrons. The number of aromatic hydroxyl groups is 1. The highest BCUT2D eigenvalue weighted by molar-refractivity contribution is 5.74. The van der Waals surface area contributed by atoms with Crippen molar-refractivity contribution in [3.63, 3.8) is 0 Å². The summed E-state index contributed by atoms with van der Waals surface area (Å²) in [5, 5.41) is 15.9. The number of phenolic OH excluding ortho intramolecular Hbond substituents is 1. The molecular weight excluding hydrogens is 378 g/mol. The maximum atomic E-state index is 12.1. The van der Waals surface area contributed by atoms with E-state index in [0.29, 0.717) is 17.9 Å². The molecule has 0 aromatic heterocycles. The maximum Gasteiger partial charge on any atom is 0.253 e. The molecule has 0 spiro atoms. The number of benzene rings is 2. The van der Waals surface area contributed by atoms with Crippen LogP contribution in [-0.4, -0.2) is 42.7 Å². The predicted octanol–water partition coefficient (Wildman–Crippen LogP) is 2.62. The van der Waals surface area contributed by atoms with Crippen LogP contribution in [0.5, 0.6) is 5.75 Å². The summed E-state index contributed by atoms with van der Waals surface area (Å²) in [4.78, 5) is 26.3. The molecule has 6 heteroatoms. The molecule has 0 unspecified atom stereocenters. The van der Waals surface area contributed by atoms with E-state index in [0.717, 1.165) is 18.4 Å². The van der Waals surface area contributed by atoms with E-state index in [2.05, 4.69) is 15.5 Å². The molecule has 3 aromatic rings. The highest BCUT2D eigenvalue weighted by atomic mass is 16.3. The van der Waals surface area contributed by atoms with Crippen LogP contribution in [0.25, 0.3) is 0 Å². The highest BCUT2D eigenvalue weighted by Crippen LogP contribution is 2.18. The van der Waals surface area contributed by atoms with E-state index in [-0.39, 0.29) is 17.8 Å². The third-order valence-electron chi connectivity index (χ3n) is 5.34. The van der Waals surface area contributed by atoms with Crippen molar-refractivity contribution in [2.75, 3.05) is 31.3 Å². The van der Waals surface area contributed by atoms with Crippen LogP contribution in [0.4, 0.5) is 11.4 Å². The van der Waals surface area contributed by atoms with Gasteiger partial charge in [0.25, 0.3) is 10.9 Å². The lowest BCUT2D eigenvalue weighted by Crippen LogP contribution is -2.43. The average molecular weight is 408 g/mol. The predicted molar refractivity (Wildman–Crippen MR) is 122 cm³/mol. The van der Waals surface area contributed by atoms with Crippen LogP contribution >= 0.6 is 0 Å². The van der Waals surface area contributed by atoms with Gasteiger partial charge in [-0.2, -0.15) is 0 Å². The molecule has 2 atom stereocenters. The molecule has 0 aliphatic heterocycles. The van der Waals surface area contributed by atoms with Gasteiger partial charge < -0.3 is 20.6 Å². The number of anilines is 2. The van der Waals surface area contributed by atoms with Crippen molar-refractivity contribution >= 4 is 11.4 Å². The minimum Gasteiger partial charge on any atom is -0.508 e. The van der Waals surface area contributed by atoms with Crippen LogP contribution in [-0.2, 0) is 12.8 Å². The van der Waals surface area contributed by atoms with E-state index < -0.39 is 10.9 Å². The molecule has 3 N–H and O–H groups in total. The van der Waals surface area contributed by atoms with Gasteiger partial charge in [-0.15, -0.1) is 0 Å². The summed E-state index contributed by atoms with van der Waals surface area (Å²) in [6.07, 6.45) is 1.52. The first-order valence-corrected chi connectivity index (χ1v) is 10.2. The molecule has 6 nitrogen and oxygen atoms in total. The van der Waals surface area contributed by atoms with Crippen LogP contribution in [0.3, 0.4) is 0 Å². The summed E-state index contributed by atoms with van der Waals surface area (Å²) in [5.41, 5.74) is 2.09. The van der Waals surface area contributed by atoms with Gasteiger partial charge in [-0.3, -0.25) is 9.59 Å². The molecule has 0 radical (unpaired) electrons. The monoisotopic (exact) mass is 407 g/mol. The molecule has 0 bridgehead atoms. The lowest BCUT2D eigenvalue weighted by Gasteiger charge is -2.26. The van der Waals surface area contributed by atoms with E-state index >= 15 is 0 Å². The molecule has 0 saturated heterocycles. The zero-order valence-electron chi connectivity index (χ0n) is 17.7. The molecule has 3 aromatic carbocycles. The number of hydrogen-bond donors (Lipinski definition) is 3. The second kappa shape index (κ2) is 9.59. The third kappa shape index (κ3) is 5.27. The van der Waals surface area contributed by atoms with Crippen LogP contribution in [0, 0.1) is 0 Å². The molecular formula is C24H29N3O3. The van der Waals surface area contributed by atoms with Gasteiger partial charge in [-0.05, 0) is 57.1 Å². The Kier molecular flexibility index (Phi) is 6.90. The molecule has 0 aliphatic rings. The van der Waals surface area contributed by atoms with Gasteiger partial charge in [0, 0.05) is 18.6 Å². The zero-order chi connectivity index (χ0) is 21.7. The first kappa shape index (κ1) is 21.6. The Bertz CT molecular complexity index is 1020. The van der Waals surface area contributed by atoms with Gasteiger partial charge in [0.2, 0.25) is 0 Å². The number of nitrogens with zero attached hydrogens (tertiary/aromatic N) is 1. The second-order valence-corrected chi connectivity index (χ2v) is 8.01. The summed E-state index contributed by atoms with van der Waals surface area (Å²) in [7, 11) is 3.96. The minimum atomic E-state index is -0.466. The summed E-state index contributed by atoms with van der Waals surface area (Å²) in [6.45, 7) is 2.53. The SMILES string of the molecule is C[C@H](Cc1ccccc1)Nc1c(NC[C@@H](Cc2ccc(O)cc2)N(C)C)c(=O)c1=O. The summed E-state index contributed by atoms with van der Waals surface area (Å²) >= 11 is 0. The highest BCUT2D eigenvalue weighted by Gasteiger charge is 2.23. The quantitative estimate of drug-likeness (QED) is 0.448. The fraction of sp³-hybridized carbons (Fsp3) is 0.333. The first-order chi connectivity index (χ1) is 14.3. The van der Waals surface area contributed by atoms with Crippen LogP contribution in [0.15, 0.2) is 64.2 Å². The van der Waals surface area contributed by atoms with Crippen molar-refractivity contribution < 1.29 is 5.11 Å². The molecule has 0 aliphatic carbocycles. The number of phenols is 1. The van der Waals surface area contributed by atoms with E-state index in [4.69, 9.17) is 0 Å². The number of nitrogens with one attached hydrogen (secondary N) is 2. The molecule has 30 heavy (non-hydrogen) atoms. The number of rotatable bonds is 10. The van der Waals surface area contributed by atoms with Gasteiger partial charge in [-0.25, -0.2) is 0 Å².